The summed E-state index contributed by atoms with van der Waals surface area (Å²) in [5, 5.41) is 5.35. The first-order valence-electron chi connectivity index (χ1n) is 6.85. The molecule has 0 bridgehead atoms. The number of anilines is 2. The summed E-state index contributed by atoms with van der Waals surface area (Å²) in [6.45, 7) is 3.69. The molecule has 0 unspecified atom stereocenters. The quantitative estimate of drug-likeness (QED) is 0.784. The van der Waals surface area contributed by atoms with Crippen molar-refractivity contribution in [2.24, 2.45) is 0 Å². The Labute approximate surface area is 126 Å². The number of nitrogens with zero attached hydrogens (tertiary/aromatic N) is 3. The molecule has 1 N–H and O–H groups in total. The van der Waals surface area contributed by atoms with Gasteiger partial charge in [-0.25, -0.2) is 9.37 Å². The molecule has 2 aromatic heterocycles. The van der Waals surface area contributed by atoms with E-state index >= 15 is 0 Å². The number of fused-ring (bicyclic) bond motifs is 1. The molecule has 0 aliphatic rings. The van der Waals surface area contributed by atoms with Crippen molar-refractivity contribution in [2.45, 2.75) is 13.5 Å². The maximum Gasteiger partial charge on any atom is 0.195 e. The van der Waals surface area contributed by atoms with E-state index in [0.29, 0.717) is 0 Å². The highest BCUT2D eigenvalue weighted by Crippen LogP contribution is 2.29. The van der Waals surface area contributed by atoms with Crippen molar-refractivity contribution in [3.8, 4) is 0 Å². The van der Waals surface area contributed by atoms with E-state index in [4.69, 9.17) is 0 Å². The van der Waals surface area contributed by atoms with Gasteiger partial charge in [0, 0.05) is 30.9 Å². The van der Waals surface area contributed by atoms with Crippen LogP contribution in [0.1, 0.15) is 12.6 Å². The lowest BCUT2D eigenvalue weighted by Crippen LogP contribution is -2.18. The molecule has 0 fully saturated rings. The van der Waals surface area contributed by atoms with Crippen molar-refractivity contribution in [1.29, 1.82) is 0 Å². The normalized spacial score (nSPS) is 11.2. The van der Waals surface area contributed by atoms with Crippen LogP contribution in [0.5, 0.6) is 0 Å². The highest BCUT2D eigenvalue weighted by molar-refractivity contribution is 7.15. The van der Waals surface area contributed by atoms with Crippen LogP contribution in [0.25, 0.3) is 4.96 Å². The zero-order chi connectivity index (χ0) is 14.8. The van der Waals surface area contributed by atoms with Crippen molar-refractivity contribution in [3.63, 3.8) is 0 Å². The van der Waals surface area contributed by atoms with Gasteiger partial charge < -0.3 is 10.2 Å². The molecule has 21 heavy (non-hydrogen) atoms. The first-order chi connectivity index (χ1) is 10.2. The minimum Gasteiger partial charge on any atom is -0.328 e. The van der Waals surface area contributed by atoms with Gasteiger partial charge in [-0.15, -0.1) is 11.3 Å². The maximum atomic E-state index is 13.4. The van der Waals surface area contributed by atoms with Gasteiger partial charge in [0.05, 0.1) is 5.69 Å². The Bertz CT molecular complexity index is 749. The molecule has 0 amide bonds. The van der Waals surface area contributed by atoms with Gasteiger partial charge in [0.25, 0.3) is 0 Å². The van der Waals surface area contributed by atoms with Crippen LogP contribution in [0.2, 0.25) is 0 Å². The lowest BCUT2D eigenvalue weighted by molar-refractivity contribution is 0.628. The SMILES string of the molecule is CCNCc1c(N(C)c2cccc(F)c2)nc2sccn12. The van der Waals surface area contributed by atoms with E-state index in [1.165, 1.54) is 12.1 Å². The summed E-state index contributed by atoms with van der Waals surface area (Å²) >= 11 is 1.59. The Morgan fingerprint density at radius 1 is 1.43 bits per heavy atom. The average molecular weight is 304 g/mol. The lowest BCUT2D eigenvalue weighted by atomic mass is 10.2. The van der Waals surface area contributed by atoms with Gasteiger partial charge in [-0.1, -0.05) is 13.0 Å². The molecule has 0 saturated heterocycles. The first kappa shape index (κ1) is 14.0. The van der Waals surface area contributed by atoms with E-state index in [1.807, 2.05) is 29.6 Å². The number of hydrogen-bond acceptors (Lipinski definition) is 4. The summed E-state index contributed by atoms with van der Waals surface area (Å²) in [6.07, 6.45) is 2.02. The lowest BCUT2D eigenvalue weighted by Gasteiger charge is -2.18. The van der Waals surface area contributed by atoms with Crippen LogP contribution in [0, 0.1) is 5.82 Å². The third-order valence-electron chi connectivity index (χ3n) is 3.40. The number of thiazole rings is 1. The van der Waals surface area contributed by atoms with Gasteiger partial charge in [0.1, 0.15) is 5.82 Å². The number of imidazole rings is 1. The van der Waals surface area contributed by atoms with Crippen molar-refractivity contribution in [2.75, 3.05) is 18.5 Å². The van der Waals surface area contributed by atoms with Gasteiger partial charge in [-0.05, 0) is 24.7 Å². The van der Waals surface area contributed by atoms with Crippen LogP contribution in [-0.4, -0.2) is 23.0 Å². The fourth-order valence-corrected chi connectivity index (χ4v) is 3.03. The summed E-state index contributed by atoms with van der Waals surface area (Å²) < 4.78 is 15.5. The molecule has 0 aliphatic carbocycles. The zero-order valence-electron chi connectivity index (χ0n) is 12.0. The fourth-order valence-electron chi connectivity index (χ4n) is 2.30. The molecule has 3 rings (SSSR count). The minimum atomic E-state index is -0.242. The third-order valence-corrected chi connectivity index (χ3v) is 4.15. The molecular weight excluding hydrogens is 287 g/mol. The number of nitrogens with one attached hydrogen (secondary N) is 1. The topological polar surface area (TPSA) is 32.6 Å². The van der Waals surface area contributed by atoms with Crippen molar-refractivity contribution < 1.29 is 4.39 Å². The molecule has 110 valence electrons. The van der Waals surface area contributed by atoms with Gasteiger partial charge in [0.2, 0.25) is 0 Å². The van der Waals surface area contributed by atoms with E-state index in [-0.39, 0.29) is 5.82 Å². The highest BCUT2D eigenvalue weighted by atomic mass is 32.1. The number of halogens is 1. The predicted octanol–water partition coefficient (Wildman–Crippen LogP) is 3.41. The Morgan fingerprint density at radius 2 is 2.29 bits per heavy atom. The van der Waals surface area contributed by atoms with Gasteiger partial charge in [-0.3, -0.25) is 4.40 Å². The second-order valence-electron chi connectivity index (χ2n) is 4.76. The third kappa shape index (κ3) is 2.64. The Kier molecular flexibility index (Phi) is 3.90. The zero-order valence-corrected chi connectivity index (χ0v) is 12.8. The molecular formula is C15H17FN4S. The van der Waals surface area contributed by atoms with Crippen molar-refractivity contribution in [3.05, 3.63) is 47.4 Å². The number of hydrogen-bond donors (Lipinski definition) is 1. The van der Waals surface area contributed by atoms with E-state index in [0.717, 1.165) is 35.2 Å². The molecule has 0 spiro atoms. The molecule has 0 saturated carbocycles. The van der Waals surface area contributed by atoms with Crippen LogP contribution >= 0.6 is 11.3 Å². The van der Waals surface area contributed by atoms with Crippen molar-refractivity contribution >= 4 is 27.8 Å². The predicted molar refractivity (Wildman–Crippen MR) is 84.9 cm³/mol. The van der Waals surface area contributed by atoms with Crippen molar-refractivity contribution in [1.82, 2.24) is 14.7 Å². The Hall–Kier alpha value is -1.92. The summed E-state index contributed by atoms with van der Waals surface area (Å²) in [4.78, 5) is 7.55. The summed E-state index contributed by atoms with van der Waals surface area (Å²) in [6, 6.07) is 6.56. The van der Waals surface area contributed by atoms with Gasteiger partial charge in [-0.2, -0.15) is 0 Å². The molecule has 1 aromatic carbocycles. The Balaban J connectivity index is 2.04. The largest absolute Gasteiger partial charge is 0.328 e. The van der Waals surface area contributed by atoms with Crippen LogP contribution in [0.4, 0.5) is 15.9 Å². The smallest absolute Gasteiger partial charge is 0.195 e. The minimum absolute atomic E-state index is 0.242. The molecule has 0 radical (unpaired) electrons. The molecule has 0 atom stereocenters. The monoisotopic (exact) mass is 304 g/mol. The number of aromatic nitrogens is 2. The second kappa shape index (κ2) is 5.83. The van der Waals surface area contributed by atoms with E-state index in [2.05, 4.69) is 21.6 Å². The highest BCUT2D eigenvalue weighted by Gasteiger charge is 2.17. The Morgan fingerprint density at radius 3 is 3.05 bits per heavy atom. The van der Waals surface area contributed by atoms with Crippen LogP contribution < -0.4 is 10.2 Å². The maximum absolute atomic E-state index is 13.4. The van der Waals surface area contributed by atoms with Crippen LogP contribution in [0.3, 0.4) is 0 Å². The summed E-state index contributed by atoms with van der Waals surface area (Å²) in [7, 11) is 1.91. The summed E-state index contributed by atoms with van der Waals surface area (Å²) in [5.74, 6) is 0.613. The van der Waals surface area contributed by atoms with E-state index < -0.39 is 0 Å². The standard InChI is InChI=1S/C15H17FN4S/c1-3-17-10-13-14(18-15-20(13)7-8-21-15)19(2)12-6-4-5-11(16)9-12/h4-9,17H,3,10H2,1-2H3. The van der Waals surface area contributed by atoms with Gasteiger partial charge >= 0.3 is 0 Å². The number of benzene rings is 1. The summed E-state index contributed by atoms with van der Waals surface area (Å²) in [5.41, 5.74) is 1.87. The van der Waals surface area contributed by atoms with Crippen LogP contribution in [-0.2, 0) is 6.54 Å². The van der Waals surface area contributed by atoms with E-state index in [1.54, 1.807) is 17.4 Å². The fraction of sp³-hybridized carbons (Fsp3) is 0.267. The van der Waals surface area contributed by atoms with Gasteiger partial charge in [0.15, 0.2) is 10.8 Å². The van der Waals surface area contributed by atoms with E-state index in [9.17, 15) is 4.39 Å². The molecule has 3 aromatic rings. The average Bonchev–Trinajstić information content (AvgIpc) is 3.05. The second-order valence-corrected chi connectivity index (χ2v) is 5.63. The number of rotatable bonds is 5. The molecule has 6 heteroatoms. The molecule has 2 heterocycles. The first-order valence-corrected chi connectivity index (χ1v) is 7.73. The molecule has 0 aliphatic heterocycles. The van der Waals surface area contributed by atoms with Crippen LogP contribution in [0.15, 0.2) is 35.8 Å². The molecule has 4 nitrogen and oxygen atoms in total.